The molecule has 0 unspecified atom stereocenters. The van der Waals surface area contributed by atoms with Gasteiger partial charge in [-0.05, 0) is 36.4 Å². The molecule has 0 fully saturated rings. The van der Waals surface area contributed by atoms with Crippen LogP contribution in [0.4, 0.5) is 21.9 Å². The molecule has 0 saturated heterocycles. The molecule has 4 rings (SSSR count). The van der Waals surface area contributed by atoms with Gasteiger partial charge in [0.2, 0.25) is 0 Å². The van der Waals surface area contributed by atoms with Gasteiger partial charge in [0.25, 0.3) is 0 Å². The highest BCUT2D eigenvalue weighted by molar-refractivity contribution is 7.99. The van der Waals surface area contributed by atoms with Gasteiger partial charge in [-0.2, -0.15) is 5.26 Å². The number of carbonyl (C=O) groups excluding carboxylic acids is 1. The highest BCUT2D eigenvalue weighted by Gasteiger charge is 2.28. The van der Waals surface area contributed by atoms with E-state index in [2.05, 4.69) is 11.4 Å². The van der Waals surface area contributed by atoms with E-state index in [4.69, 9.17) is 0 Å². The lowest BCUT2D eigenvalue weighted by atomic mass is 10.2. The average Bonchev–Trinajstić information content (AvgIpc) is 2.66. The summed E-state index contributed by atoms with van der Waals surface area (Å²) in [5, 5.41) is 12.1. The van der Waals surface area contributed by atoms with Crippen LogP contribution in [0.1, 0.15) is 5.56 Å². The van der Waals surface area contributed by atoms with Crippen LogP contribution in [0.2, 0.25) is 0 Å². The Kier molecular flexibility index (Phi) is 3.88. The maximum Gasteiger partial charge on any atom is 0.331 e. The molecule has 0 aromatic heterocycles. The number of hydrogen-bond acceptors (Lipinski definition) is 3. The second-order valence-electron chi connectivity index (χ2n) is 5.46. The molecule has 0 radical (unpaired) electrons. The number of para-hydroxylation sites is 3. The van der Waals surface area contributed by atoms with Crippen molar-refractivity contribution in [1.29, 1.82) is 5.26 Å². The van der Waals surface area contributed by atoms with Crippen LogP contribution >= 0.6 is 11.8 Å². The molecule has 2 amide bonds. The first kappa shape index (κ1) is 15.3. The molecule has 3 aromatic rings. The van der Waals surface area contributed by atoms with E-state index < -0.39 is 0 Å². The minimum absolute atomic E-state index is 0.289. The first-order valence-corrected chi connectivity index (χ1v) is 8.56. The standard InChI is InChI=1S/C20H13N3OS/c21-13-14-7-1-2-8-15(14)22-20(24)23-16-9-3-5-11-18(16)25-19-12-6-4-10-17(19)23/h1-12H,(H,22,24). The molecule has 25 heavy (non-hydrogen) atoms. The molecular weight excluding hydrogens is 330 g/mol. The van der Waals surface area contributed by atoms with Gasteiger partial charge in [0.15, 0.2) is 0 Å². The molecule has 1 heterocycles. The third kappa shape index (κ3) is 2.73. The van der Waals surface area contributed by atoms with E-state index in [9.17, 15) is 10.1 Å². The quantitative estimate of drug-likeness (QED) is 0.644. The molecule has 0 spiro atoms. The molecule has 1 N–H and O–H groups in total. The largest absolute Gasteiger partial charge is 0.331 e. The highest BCUT2D eigenvalue weighted by atomic mass is 32.2. The van der Waals surface area contributed by atoms with Crippen molar-refractivity contribution in [2.24, 2.45) is 0 Å². The molecular formula is C20H13N3OS. The molecule has 5 heteroatoms. The highest BCUT2D eigenvalue weighted by Crippen LogP contribution is 2.48. The summed E-state index contributed by atoms with van der Waals surface area (Å²) in [7, 11) is 0. The number of nitrogens with zero attached hydrogens (tertiary/aromatic N) is 2. The van der Waals surface area contributed by atoms with Gasteiger partial charge >= 0.3 is 6.03 Å². The Morgan fingerprint density at radius 2 is 1.44 bits per heavy atom. The summed E-state index contributed by atoms with van der Waals surface area (Å²) in [5.74, 6) is 0. The molecule has 1 aliphatic heterocycles. The van der Waals surface area contributed by atoms with E-state index in [-0.39, 0.29) is 6.03 Å². The van der Waals surface area contributed by atoms with Crippen LogP contribution < -0.4 is 10.2 Å². The van der Waals surface area contributed by atoms with Gasteiger partial charge in [0, 0.05) is 9.79 Å². The van der Waals surface area contributed by atoms with Gasteiger partial charge < -0.3 is 5.32 Å². The van der Waals surface area contributed by atoms with Crippen molar-refractivity contribution in [2.75, 3.05) is 10.2 Å². The Bertz CT molecular complexity index is 964. The zero-order chi connectivity index (χ0) is 17.2. The second kappa shape index (κ2) is 6.34. The predicted molar refractivity (Wildman–Crippen MR) is 99.3 cm³/mol. The first-order valence-electron chi connectivity index (χ1n) is 7.74. The third-order valence-electron chi connectivity index (χ3n) is 3.92. The SMILES string of the molecule is N#Cc1ccccc1NC(=O)N1c2ccccc2Sc2ccccc21. The van der Waals surface area contributed by atoms with Crippen LogP contribution in [0, 0.1) is 11.3 Å². The van der Waals surface area contributed by atoms with Crippen molar-refractivity contribution in [3.05, 3.63) is 78.4 Å². The van der Waals surface area contributed by atoms with Crippen LogP contribution in [-0.4, -0.2) is 6.03 Å². The van der Waals surface area contributed by atoms with Gasteiger partial charge in [-0.3, -0.25) is 4.90 Å². The smallest absolute Gasteiger partial charge is 0.306 e. The lowest BCUT2D eigenvalue weighted by molar-refractivity contribution is 0.259. The monoisotopic (exact) mass is 343 g/mol. The number of hydrogen-bond donors (Lipinski definition) is 1. The maximum atomic E-state index is 13.1. The number of urea groups is 1. The van der Waals surface area contributed by atoms with E-state index in [1.165, 1.54) is 0 Å². The van der Waals surface area contributed by atoms with Crippen LogP contribution in [0.25, 0.3) is 0 Å². The van der Waals surface area contributed by atoms with Crippen molar-refractivity contribution < 1.29 is 4.79 Å². The van der Waals surface area contributed by atoms with Gasteiger partial charge in [-0.25, -0.2) is 4.79 Å². The molecule has 0 saturated carbocycles. The molecule has 0 atom stereocenters. The average molecular weight is 343 g/mol. The molecule has 120 valence electrons. The van der Waals surface area contributed by atoms with Crippen molar-refractivity contribution in [3.8, 4) is 6.07 Å². The lowest BCUT2D eigenvalue weighted by Crippen LogP contribution is -2.32. The van der Waals surface area contributed by atoms with Crippen LogP contribution in [-0.2, 0) is 0 Å². The number of amides is 2. The summed E-state index contributed by atoms with van der Waals surface area (Å²) in [4.78, 5) is 16.8. The van der Waals surface area contributed by atoms with Gasteiger partial charge in [0.05, 0.1) is 22.6 Å². The van der Waals surface area contributed by atoms with Gasteiger partial charge in [-0.1, -0.05) is 48.2 Å². The summed E-state index contributed by atoms with van der Waals surface area (Å²) < 4.78 is 0. The Labute approximate surface area is 149 Å². The second-order valence-corrected chi connectivity index (χ2v) is 6.54. The molecule has 0 aliphatic carbocycles. The van der Waals surface area contributed by atoms with Crippen LogP contribution in [0.3, 0.4) is 0 Å². The van der Waals surface area contributed by atoms with Gasteiger partial charge in [-0.15, -0.1) is 0 Å². The fraction of sp³-hybridized carbons (Fsp3) is 0. The summed E-state index contributed by atoms with van der Waals surface area (Å²) in [6, 6.07) is 24.4. The number of rotatable bonds is 1. The molecule has 1 aliphatic rings. The number of nitriles is 1. The van der Waals surface area contributed by atoms with Crippen molar-refractivity contribution in [1.82, 2.24) is 0 Å². The summed E-state index contributed by atoms with van der Waals surface area (Å²) >= 11 is 1.64. The van der Waals surface area contributed by atoms with E-state index in [0.717, 1.165) is 21.2 Å². The Morgan fingerprint density at radius 3 is 2.08 bits per heavy atom. The fourth-order valence-electron chi connectivity index (χ4n) is 2.78. The third-order valence-corrected chi connectivity index (χ3v) is 5.05. The fourth-order valence-corrected chi connectivity index (χ4v) is 3.84. The van der Waals surface area contributed by atoms with Crippen LogP contribution in [0.5, 0.6) is 0 Å². The van der Waals surface area contributed by atoms with E-state index in [1.54, 1.807) is 40.9 Å². The molecule has 4 nitrogen and oxygen atoms in total. The van der Waals surface area contributed by atoms with E-state index in [0.29, 0.717) is 11.3 Å². The zero-order valence-electron chi connectivity index (χ0n) is 13.1. The van der Waals surface area contributed by atoms with Crippen molar-refractivity contribution >= 4 is 34.9 Å². The maximum absolute atomic E-state index is 13.1. The number of carbonyl (C=O) groups is 1. The summed E-state index contributed by atoms with van der Waals surface area (Å²) in [6.45, 7) is 0. The number of nitrogens with one attached hydrogen (secondary N) is 1. The Balaban J connectivity index is 1.77. The van der Waals surface area contributed by atoms with Crippen LogP contribution in [0.15, 0.2) is 82.6 Å². The Morgan fingerprint density at radius 1 is 0.880 bits per heavy atom. The van der Waals surface area contributed by atoms with Crippen molar-refractivity contribution in [3.63, 3.8) is 0 Å². The molecule has 3 aromatic carbocycles. The Hall–Kier alpha value is -3.23. The predicted octanol–water partition coefficient (Wildman–Crippen LogP) is 5.39. The minimum atomic E-state index is -0.289. The van der Waals surface area contributed by atoms with E-state index >= 15 is 0 Å². The number of anilines is 3. The topological polar surface area (TPSA) is 56.1 Å². The summed E-state index contributed by atoms with van der Waals surface area (Å²) in [6.07, 6.45) is 0. The van der Waals surface area contributed by atoms with E-state index in [1.807, 2.05) is 48.5 Å². The number of benzene rings is 3. The zero-order valence-corrected chi connectivity index (χ0v) is 14.0. The number of fused-ring (bicyclic) bond motifs is 2. The van der Waals surface area contributed by atoms with Crippen molar-refractivity contribution in [2.45, 2.75) is 9.79 Å². The summed E-state index contributed by atoms with van der Waals surface area (Å²) in [5.41, 5.74) is 2.60. The molecule has 0 bridgehead atoms. The first-order chi connectivity index (χ1) is 12.3. The normalized spacial score (nSPS) is 11.9. The van der Waals surface area contributed by atoms with Gasteiger partial charge in [0.1, 0.15) is 6.07 Å². The lowest BCUT2D eigenvalue weighted by Gasteiger charge is -2.31. The minimum Gasteiger partial charge on any atom is -0.306 e.